The molecule has 108 valence electrons. The van der Waals surface area contributed by atoms with Crippen molar-refractivity contribution in [2.75, 3.05) is 26.3 Å². The third kappa shape index (κ3) is 4.45. The highest BCUT2D eigenvalue weighted by Crippen LogP contribution is 2.21. The monoisotopic (exact) mass is 296 g/mol. The molecule has 0 radical (unpaired) electrons. The third-order valence-corrected chi connectivity index (χ3v) is 3.85. The van der Waals surface area contributed by atoms with Gasteiger partial charge in [0.1, 0.15) is 5.82 Å². The van der Waals surface area contributed by atoms with Crippen LogP contribution < -0.4 is 0 Å². The molecule has 0 saturated carbocycles. The summed E-state index contributed by atoms with van der Waals surface area (Å²) in [6.45, 7) is 3.65. The molecule has 1 heterocycles. The molecule has 1 aliphatic rings. The van der Waals surface area contributed by atoms with Crippen LogP contribution in [0.1, 0.15) is 18.4 Å². The Kier molecular flexibility index (Phi) is 5.78. The van der Waals surface area contributed by atoms with E-state index in [0.717, 1.165) is 31.7 Å². The zero-order valence-electron chi connectivity index (χ0n) is 11.3. The van der Waals surface area contributed by atoms with E-state index in [1.165, 1.54) is 12.1 Å². The average Bonchev–Trinajstić information content (AvgIpc) is 2.93. The van der Waals surface area contributed by atoms with Crippen molar-refractivity contribution in [1.82, 2.24) is 4.90 Å². The standard InChI is InChI=1S/C15H18ClFN2O/c16-15-3-2-14(17)8-13(15)10-19(6-1-5-18)9-12-4-7-20-11-12/h2-3,8,12H,1,4,6-7,9-11H2/t12-/m1/s1. The summed E-state index contributed by atoms with van der Waals surface area (Å²) in [6.07, 6.45) is 1.50. The molecule has 0 unspecified atom stereocenters. The van der Waals surface area contributed by atoms with Crippen LogP contribution >= 0.6 is 11.6 Å². The number of nitrogens with zero attached hydrogens (tertiary/aromatic N) is 2. The Morgan fingerprint density at radius 3 is 3.05 bits per heavy atom. The fraction of sp³-hybridized carbons (Fsp3) is 0.533. The fourth-order valence-electron chi connectivity index (χ4n) is 2.44. The van der Waals surface area contributed by atoms with Gasteiger partial charge in [-0.25, -0.2) is 4.39 Å². The molecule has 1 aromatic rings. The molecule has 1 aromatic carbocycles. The molecular formula is C15H18ClFN2O. The van der Waals surface area contributed by atoms with Gasteiger partial charge in [-0.1, -0.05) is 11.6 Å². The molecule has 20 heavy (non-hydrogen) atoms. The van der Waals surface area contributed by atoms with Gasteiger partial charge in [-0.2, -0.15) is 5.26 Å². The van der Waals surface area contributed by atoms with E-state index in [2.05, 4.69) is 11.0 Å². The SMILES string of the molecule is N#CCCN(Cc1cc(F)ccc1Cl)C[C@H]1CCOC1. The highest BCUT2D eigenvalue weighted by molar-refractivity contribution is 6.31. The van der Waals surface area contributed by atoms with Gasteiger partial charge in [0.2, 0.25) is 0 Å². The molecule has 5 heteroatoms. The predicted octanol–water partition coefficient (Wildman–Crippen LogP) is 3.23. The van der Waals surface area contributed by atoms with Crippen LogP contribution in [-0.4, -0.2) is 31.2 Å². The first-order valence-electron chi connectivity index (χ1n) is 6.80. The maximum atomic E-state index is 13.3. The molecular weight excluding hydrogens is 279 g/mol. The summed E-state index contributed by atoms with van der Waals surface area (Å²) in [5.41, 5.74) is 0.767. The zero-order chi connectivity index (χ0) is 14.4. The Morgan fingerprint density at radius 2 is 2.35 bits per heavy atom. The number of rotatable bonds is 6. The Labute approximate surface area is 123 Å². The van der Waals surface area contributed by atoms with Crippen molar-refractivity contribution in [3.05, 3.63) is 34.6 Å². The summed E-state index contributed by atoms with van der Waals surface area (Å²) in [5.74, 6) is 0.204. The minimum absolute atomic E-state index is 0.283. The second-order valence-electron chi connectivity index (χ2n) is 5.11. The van der Waals surface area contributed by atoms with Gasteiger partial charge in [-0.3, -0.25) is 4.90 Å². The molecule has 1 aliphatic heterocycles. The van der Waals surface area contributed by atoms with Gasteiger partial charge in [0, 0.05) is 37.7 Å². The molecule has 0 amide bonds. The van der Waals surface area contributed by atoms with Crippen molar-refractivity contribution in [2.45, 2.75) is 19.4 Å². The van der Waals surface area contributed by atoms with E-state index in [1.54, 1.807) is 6.07 Å². The van der Waals surface area contributed by atoms with Crippen molar-refractivity contribution in [3.63, 3.8) is 0 Å². The maximum Gasteiger partial charge on any atom is 0.123 e. The number of nitriles is 1. The summed E-state index contributed by atoms with van der Waals surface area (Å²) >= 11 is 6.11. The van der Waals surface area contributed by atoms with E-state index in [4.69, 9.17) is 21.6 Å². The Morgan fingerprint density at radius 1 is 1.50 bits per heavy atom. The second-order valence-corrected chi connectivity index (χ2v) is 5.52. The minimum atomic E-state index is -0.283. The van der Waals surface area contributed by atoms with Crippen LogP contribution in [0.2, 0.25) is 5.02 Å². The van der Waals surface area contributed by atoms with E-state index in [0.29, 0.717) is 30.5 Å². The molecule has 3 nitrogen and oxygen atoms in total. The molecule has 0 aliphatic carbocycles. The van der Waals surface area contributed by atoms with Gasteiger partial charge < -0.3 is 4.74 Å². The lowest BCUT2D eigenvalue weighted by Crippen LogP contribution is -2.30. The zero-order valence-corrected chi connectivity index (χ0v) is 12.1. The molecule has 2 rings (SSSR count). The lowest BCUT2D eigenvalue weighted by molar-refractivity contribution is 0.165. The molecule has 0 N–H and O–H groups in total. The van der Waals surface area contributed by atoms with Crippen LogP contribution in [0, 0.1) is 23.1 Å². The van der Waals surface area contributed by atoms with Crippen molar-refractivity contribution < 1.29 is 9.13 Å². The second kappa shape index (κ2) is 7.58. The topological polar surface area (TPSA) is 36.3 Å². The first-order valence-corrected chi connectivity index (χ1v) is 7.18. The summed E-state index contributed by atoms with van der Waals surface area (Å²) in [6, 6.07) is 6.55. The Hall–Kier alpha value is -1.15. The van der Waals surface area contributed by atoms with Crippen LogP contribution in [0.25, 0.3) is 0 Å². The predicted molar refractivity (Wildman–Crippen MR) is 75.8 cm³/mol. The number of halogens is 2. The number of benzene rings is 1. The van der Waals surface area contributed by atoms with Gasteiger partial charge in [0.05, 0.1) is 12.7 Å². The first kappa shape index (κ1) is 15.2. The normalized spacial score (nSPS) is 18.4. The summed E-state index contributed by atoms with van der Waals surface area (Å²) in [4.78, 5) is 2.16. The van der Waals surface area contributed by atoms with Crippen molar-refractivity contribution in [1.29, 1.82) is 5.26 Å². The highest BCUT2D eigenvalue weighted by atomic mass is 35.5. The van der Waals surface area contributed by atoms with Crippen LogP contribution in [-0.2, 0) is 11.3 Å². The van der Waals surface area contributed by atoms with E-state index in [1.807, 2.05) is 0 Å². The van der Waals surface area contributed by atoms with Crippen LogP contribution in [0.5, 0.6) is 0 Å². The van der Waals surface area contributed by atoms with E-state index < -0.39 is 0 Å². The van der Waals surface area contributed by atoms with E-state index in [-0.39, 0.29) is 5.82 Å². The van der Waals surface area contributed by atoms with E-state index >= 15 is 0 Å². The number of ether oxygens (including phenoxy) is 1. The van der Waals surface area contributed by atoms with Gasteiger partial charge in [0.15, 0.2) is 0 Å². The largest absolute Gasteiger partial charge is 0.381 e. The van der Waals surface area contributed by atoms with Gasteiger partial charge in [-0.05, 0) is 36.1 Å². The summed E-state index contributed by atoms with van der Waals surface area (Å²) in [5, 5.41) is 9.32. The molecule has 1 fully saturated rings. The lowest BCUT2D eigenvalue weighted by atomic mass is 10.1. The van der Waals surface area contributed by atoms with Gasteiger partial charge in [0.25, 0.3) is 0 Å². The Balaban J connectivity index is 2.01. The summed E-state index contributed by atoms with van der Waals surface area (Å²) in [7, 11) is 0. The summed E-state index contributed by atoms with van der Waals surface area (Å²) < 4.78 is 18.7. The van der Waals surface area contributed by atoms with E-state index in [9.17, 15) is 4.39 Å². The van der Waals surface area contributed by atoms with Crippen LogP contribution in [0.15, 0.2) is 18.2 Å². The lowest BCUT2D eigenvalue weighted by Gasteiger charge is -2.24. The van der Waals surface area contributed by atoms with Crippen LogP contribution in [0.3, 0.4) is 0 Å². The highest BCUT2D eigenvalue weighted by Gasteiger charge is 2.20. The van der Waals surface area contributed by atoms with Gasteiger partial charge >= 0.3 is 0 Å². The molecule has 0 spiro atoms. The average molecular weight is 297 g/mol. The quantitative estimate of drug-likeness (QED) is 0.808. The number of hydrogen-bond donors (Lipinski definition) is 0. The number of hydrogen-bond acceptors (Lipinski definition) is 3. The van der Waals surface area contributed by atoms with Crippen molar-refractivity contribution >= 4 is 11.6 Å². The molecule has 1 saturated heterocycles. The Bertz CT molecular complexity index is 483. The maximum absolute atomic E-state index is 13.3. The fourth-order valence-corrected chi connectivity index (χ4v) is 2.62. The smallest absolute Gasteiger partial charge is 0.123 e. The first-order chi connectivity index (χ1) is 9.69. The van der Waals surface area contributed by atoms with Crippen molar-refractivity contribution in [2.24, 2.45) is 5.92 Å². The van der Waals surface area contributed by atoms with Gasteiger partial charge in [-0.15, -0.1) is 0 Å². The van der Waals surface area contributed by atoms with Crippen molar-refractivity contribution in [3.8, 4) is 6.07 Å². The molecule has 0 aromatic heterocycles. The van der Waals surface area contributed by atoms with Crippen LogP contribution in [0.4, 0.5) is 4.39 Å². The molecule has 0 bridgehead atoms. The molecule has 1 atom stereocenters. The third-order valence-electron chi connectivity index (χ3n) is 3.48. The minimum Gasteiger partial charge on any atom is -0.381 e.